The van der Waals surface area contributed by atoms with Gasteiger partial charge in [-0.2, -0.15) is 4.68 Å². The Hall–Kier alpha value is -2.77. The van der Waals surface area contributed by atoms with Gasteiger partial charge in [0.2, 0.25) is 5.95 Å². The molecule has 1 aliphatic heterocycles. The smallest absolute Gasteiger partial charge is 0.338 e. The molecule has 0 saturated heterocycles. The first-order valence-electron chi connectivity index (χ1n) is 7.26. The lowest BCUT2D eigenvalue weighted by atomic mass is 9.97. The molecule has 1 N–H and O–H groups in total. The van der Waals surface area contributed by atoms with E-state index in [4.69, 9.17) is 4.74 Å². The third-order valence-electron chi connectivity index (χ3n) is 3.33. The van der Waals surface area contributed by atoms with E-state index in [0.717, 1.165) is 5.56 Å². The number of carbonyl (C=O) groups is 1. The standard InChI is InChI=1S/C15H18N6O2/c1-9-11(13(22)23-15(2,3)4)12(10-6-5-7-16-8-10)21-14(17-9)18-19-20-21/h5-8,12H,1-4H3,(H,17,18,20)/t12-/m1/s1. The van der Waals surface area contributed by atoms with Crippen LogP contribution in [0.25, 0.3) is 0 Å². The largest absolute Gasteiger partial charge is 0.456 e. The summed E-state index contributed by atoms with van der Waals surface area (Å²) >= 11 is 0. The molecule has 0 aromatic carbocycles. The summed E-state index contributed by atoms with van der Waals surface area (Å²) in [5.74, 6) is 0.0705. The maximum absolute atomic E-state index is 12.7. The molecule has 3 heterocycles. The highest BCUT2D eigenvalue weighted by Gasteiger charge is 2.36. The molecule has 0 spiro atoms. The van der Waals surface area contributed by atoms with Crippen LogP contribution < -0.4 is 5.32 Å². The van der Waals surface area contributed by atoms with Crippen molar-refractivity contribution in [3.63, 3.8) is 0 Å². The third kappa shape index (κ3) is 2.92. The number of hydrogen-bond donors (Lipinski definition) is 1. The molecule has 0 radical (unpaired) electrons. The van der Waals surface area contributed by atoms with Gasteiger partial charge in [0.25, 0.3) is 0 Å². The zero-order chi connectivity index (χ0) is 16.6. The number of tetrazole rings is 1. The predicted octanol–water partition coefficient (Wildman–Crippen LogP) is 1.70. The number of nitrogens with one attached hydrogen (secondary N) is 1. The second-order valence-corrected chi connectivity index (χ2v) is 6.30. The topological polar surface area (TPSA) is 94.8 Å². The Morgan fingerprint density at radius 3 is 2.83 bits per heavy atom. The van der Waals surface area contributed by atoms with Gasteiger partial charge in [0, 0.05) is 18.1 Å². The maximum atomic E-state index is 12.7. The van der Waals surface area contributed by atoms with Crippen molar-refractivity contribution in [1.29, 1.82) is 0 Å². The van der Waals surface area contributed by atoms with Gasteiger partial charge in [0.15, 0.2) is 0 Å². The number of fused-ring (bicyclic) bond motifs is 1. The zero-order valence-electron chi connectivity index (χ0n) is 13.4. The number of allylic oxidation sites excluding steroid dienone is 1. The van der Waals surface area contributed by atoms with Crippen molar-refractivity contribution < 1.29 is 9.53 Å². The molecule has 2 aromatic heterocycles. The summed E-state index contributed by atoms with van der Waals surface area (Å²) in [6.45, 7) is 7.30. The molecule has 2 aromatic rings. The Morgan fingerprint density at radius 2 is 2.17 bits per heavy atom. The minimum absolute atomic E-state index is 0.405. The summed E-state index contributed by atoms with van der Waals surface area (Å²) in [6.07, 6.45) is 3.37. The molecule has 0 fully saturated rings. The van der Waals surface area contributed by atoms with Crippen LogP contribution >= 0.6 is 0 Å². The van der Waals surface area contributed by atoms with Gasteiger partial charge >= 0.3 is 5.97 Å². The van der Waals surface area contributed by atoms with E-state index < -0.39 is 17.6 Å². The first kappa shape index (κ1) is 15.1. The number of aromatic nitrogens is 5. The summed E-state index contributed by atoms with van der Waals surface area (Å²) in [5.41, 5.74) is 1.34. The molecule has 1 atom stereocenters. The van der Waals surface area contributed by atoms with Gasteiger partial charge in [0.1, 0.15) is 11.6 Å². The Morgan fingerprint density at radius 1 is 1.39 bits per heavy atom. The van der Waals surface area contributed by atoms with Crippen molar-refractivity contribution >= 4 is 11.9 Å². The van der Waals surface area contributed by atoms with Crippen molar-refractivity contribution in [2.45, 2.75) is 39.3 Å². The lowest BCUT2D eigenvalue weighted by Gasteiger charge is -2.29. The fourth-order valence-corrected chi connectivity index (χ4v) is 2.46. The molecule has 8 heteroatoms. The van der Waals surface area contributed by atoms with E-state index in [1.807, 2.05) is 32.9 Å². The van der Waals surface area contributed by atoms with Crippen molar-refractivity contribution in [2.75, 3.05) is 5.32 Å². The van der Waals surface area contributed by atoms with Crippen LogP contribution in [0.2, 0.25) is 0 Å². The van der Waals surface area contributed by atoms with Crippen LogP contribution in [-0.4, -0.2) is 36.8 Å². The normalized spacial score (nSPS) is 17.5. The Bertz CT molecular complexity index is 760. The molecule has 0 saturated carbocycles. The van der Waals surface area contributed by atoms with Crippen LogP contribution in [0.15, 0.2) is 35.8 Å². The van der Waals surface area contributed by atoms with E-state index in [1.165, 1.54) is 0 Å². The number of carbonyl (C=O) groups excluding carboxylic acids is 1. The maximum Gasteiger partial charge on any atom is 0.338 e. The highest BCUT2D eigenvalue weighted by Crippen LogP contribution is 2.35. The summed E-state index contributed by atoms with van der Waals surface area (Å²) in [6, 6.07) is 3.21. The summed E-state index contributed by atoms with van der Waals surface area (Å²) in [4.78, 5) is 16.9. The van der Waals surface area contributed by atoms with Gasteiger partial charge < -0.3 is 10.1 Å². The highest BCUT2D eigenvalue weighted by molar-refractivity contribution is 5.92. The highest BCUT2D eigenvalue weighted by atomic mass is 16.6. The van der Waals surface area contributed by atoms with Gasteiger partial charge in [0.05, 0.1) is 5.57 Å². The van der Waals surface area contributed by atoms with E-state index in [2.05, 4.69) is 25.8 Å². The molecule has 0 unspecified atom stereocenters. The summed E-state index contributed by atoms with van der Waals surface area (Å²) < 4.78 is 7.11. The zero-order valence-corrected chi connectivity index (χ0v) is 13.4. The van der Waals surface area contributed by atoms with Crippen molar-refractivity contribution in [1.82, 2.24) is 25.2 Å². The third-order valence-corrected chi connectivity index (χ3v) is 3.33. The lowest BCUT2D eigenvalue weighted by molar-refractivity contribution is -0.150. The van der Waals surface area contributed by atoms with Crippen LogP contribution in [0.4, 0.5) is 5.95 Å². The fourth-order valence-electron chi connectivity index (χ4n) is 2.46. The van der Waals surface area contributed by atoms with Gasteiger partial charge in [-0.25, -0.2) is 4.79 Å². The molecule has 23 heavy (non-hydrogen) atoms. The van der Waals surface area contributed by atoms with Gasteiger partial charge in [-0.3, -0.25) is 4.98 Å². The Balaban J connectivity index is 2.09. The second kappa shape index (κ2) is 5.45. The Labute approximate surface area is 133 Å². The average molecular weight is 314 g/mol. The van der Waals surface area contributed by atoms with E-state index in [0.29, 0.717) is 17.2 Å². The van der Waals surface area contributed by atoms with E-state index in [1.54, 1.807) is 24.0 Å². The number of rotatable bonds is 2. The van der Waals surface area contributed by atoms with Crippen LogP contribution in [-0.2, 0) is 9.53 Å². The molecule has 3 rings (SSSR count). The fraction of sp³-hybridized carbons (Fsp3) is 0.400. The molecular formula is C15H18N6O2. The number of hydrogen-bond acceptors (Lipinski definition) is 7. The first-order valence-corrected chi connectivity index (χ1v) is 7.26. The number of pyridine rings is 1. The predicted molar refractivity (Wildman–Crippen MR) is 82.4 cm³/mol. The van der Waals surface area contributed by atoms with Crippen LogP contribution in [0.5, 0.6) is 0 Å². The van der Waals surface area contributed by atoms with Crippen LogP contribution in [0.3, 0.4) is 0 Å². The van der Waals surface area contributed by atoms with Crippen LogP contribution in [0, 0.1) is 0 Å². The molecule has 120 valence electrons. The Kier molecular flexibility index (Phi) is 3.59. The van der Waals surface area contributed by atoms with E-state index in [9.17, 15) is 4.79 Å². The number of ether oxygens (including phenoxy) is 1. The first-order chi connectivity index (χ1) is 10.9. The van der Waals surface area contributed by atoms with E-state index >= 15 is 0 Å². The molecule has 0 aliphatic carbocycles. The lowest BCUT2D eigenvalue weighted by Crippen LogP contribution is -2.33. The molecule has 8 nitrogen and oxygen atoms in total. The summed E-state index contributed by atoms with van der Waals surface area (Å²) in [7, 11) is 0. The number of esters is 1. The summed E-state index contributed by atoms with van der Waals surface area (Å²) in [5, 5.41) is 14.7. The van der Waals surface area contributed by atoms with Crippen molar-refractivity contribution in [3.05, 3.63) is 41.4 Å². The SMILES string of the molecule is CC1=C(C(=O)OC(C)(C)C)[C@@H](c2cccnc2)n2nnnc2N1. The minimum atomic E-state index is -0.593. The molecular weight excluding hydrogens is 296 g/mol. The van der Waals surface area contributed by atoms with Crippen molar-refractivity contribution in [3.8, 4) is 0 Å². The number of nitrogens with zero attached hydrogens (tertiary/aromatic N) is 5. The second-order valence-electron chi connectivity index (χ2n) is 6.30. The molecule has 0 bridgehead atoms. The average Bonchev–Trinajstić information content (AvgIpc) is 2.92. The minimum Gasteiger partial charge on any atom is -0.456 e. The number of anilines is 1. The van der Waals surface area contributed by atoms with Gasteiger partial charge in [-0.05, 0) is 49.8 Å². The molecule has 0 amide bonds. The van der Waals surface area contributed by atoms with Crippen molar-refractivity contribution in [2.24, 2.45) is 0 Å². The van der Waals surface area contributed by atoms with Gasteiger partial charge in [-0.15, -0.1) is 0 Å². The van der Waals surface area contributed by atoms with Gasteiger partial charge in [-0.1, -0.05) is 11.2 Å². The van der Waals surface area contributed by atoms with E-state index in [-0.39, 0.29) is 0 Å². The monoisotopic (exact) mass is 314 g/mol. The molecule has 1 aliphatic rings. The van der Waals surface area contributed by atoms with Crippen LogP contribution in [0.1, 0.15) is 39.3 Å². The quantitative estimate of drug-likeness (QED) is 0.843.